The molecular formula is C6H11Cl2NO. The van der Waals surface area contributed by atoms with Crippen molar-refractivity contribution in [2.45, 2.75) is 10.8 Å². The predicted octanol–water partition coefficient (Wildman–Crippen LogP) is 0.762. The summed E-state index contributed by atoms with van der Waals surface area (Å²) in [6.45, 7) is 1.61. The molecule has 10 heavy (non-hydrogen) atoms. The van der Waals surface area contributed by atoms with Gasteiger partial charge in [-0.1, -0.05) is 0 Å². The minimum Gasteiger partial charge on any atom is -0.395 e. The van der Waals surface area contributed by atoms with Crippen LogP contribution in [0.3, 0.4) is 0 Å². The van der Waals surface area contributed by atoms with Crippen LogP contribution >= 0.6 is 23.2 Å². The Hall–Kier alpha value is 0.500. The van der Waals surface area contributed by atoms with Gasteiger partial charge < -0.3 is 10.4 Å². The molecule has 0 heterocycles. The third kappa shape index (κ3) is 2.27. The summed E-state index contributed by atoms with van der Waals surface area (Å²) in [6, 6.07) is 0. The second kappa shape index (κ2) is 3.26. The van der Waals surface area contributed by atoms with Crippen molar-refractivity contribution in [2.75, 3.05) is 19.7 Å². The summed E-state index contributed by atoms with van der Waals surface area (Å²) in [7, 11) is 0. The average molecular weight is 184 g/mol. The number of aliphatic hydroxyl groups is 1. The Kier molecular flexibility index (Phi) is 2.81. The summed E-state index contributed by atoms with van der Waals surface area (Å²) in [5.74, 6) is 0.377. The van der Waals surface area contributed by atoms with Gasteiger partial charge in [0.05, 0.1) is 6.61 Å². The van der Waals surface area contributed by atoms with Crippen LogP contribution in [-0.2, 0) is 0 Å². The number of hydrogen-bond acceptors (Lipinski definition) is 2. The maximum atomic E-state index is 8.40. The Morgan fingerprint density at radius 1 is 1.60 bits per heavy atom. The SMILES string of the molecule is OCCNCC1CC1(Cl)Cl. The summed E-state index contributed by atoms with van der Waals surface area (Å²) >= 11 is 11.5. The van der Waals surface area contributed by atoms with E-state index < -0.39 is 4.33 Å². The van der Waals surface area contributed by atoms with Crippen molar-refractivity contribution in [2.24, 2.45) is 5.92 Å². The number of halogens is 2. The highest BCUT2D eigenvalue weighted by molar-refractivity contribution is 6.50. The molecule has 1 atom stereocenters. The third-order valence-corrected chi connectivity index (χ3v) is 2.56. The lowest BCUT2D eigenvalue weighted by molar-refractivity contribution is 0.291. The van der Waals surface area contributed by atoms with Crippen LogP contribution in [0.1, 0.15) is 6.42 Å². The number of aliphatic hydroxyl groups excluding tert-OH is 1. The molecule has 1 fully saturated rings. The van der Waals surface area contributed by atoms with E-state index in [2.05, 4.69) is 5.32 Å². The molecule has 0 radical (unpaired) electrons. The van der Waals surface area contributed by atoms with Crippen molar-refractivity contribution in [1.29, 1.82) is 0 Å². The maximum absolute atomic E-state index is 8.40. The number of rotatable bonds is 4. The minimum atomic E-state index is -0.484. The fourth-order valence-electron chi connectivity index (χ4n) is 0.846. The first-order chi connectivity index (χ1) is 4.67. The van der Waals surface area contributed by atoms with E-state index in [0.29, 0.717) is 12.5 Å². The number of alkyl halides is 2. The normalized spacial score (nSPS) is 28.5. The molecule has 0 amide bonds. The van der Waals surface area contributed by atoms with Gasteiger partial charge in [0.1, 0.15) is 4.33 Å². The van der Waals surface area contributed by atoms with Crippen molar-refractivity contribution in [3.63, 3.8) is 0 Å². The van der Waals surface area contributed by atoms with Gasteiger partial charge >= 0.3 is 0 Å². The Bertz CT molecular complexity index is 118. The summed E-state index contributed by atoms with van der Waals surface area (Å²) < 4.78 is -0.484. The molecule has 0 aromatic carbocycles. The van der Waals surface area contributed by atoms with Crippen LogP contribution in [0.25, 0.3) is 0 Å². The summed E-state index contributed by atoms with van der Waals surface area (Å²) in [6.07, 6.45) is 0.870. The van der Waals surface area contributed by atoms with E-state index >= 15 is 0 Å². The first kappa shape index (κ1) is 8.60. The lowest BCUT2D eigenvalue weighted by Crippen LogP contribution is -2.22. The van der Waals surface area contributed by atoms with Crippen LogP contribution in [0.15, 0.2) is 0 Å². The highest BCUT2D eigenvalue weighted by Crippen LogP contribution is 2.52. The van der Waals surface area contributed by atoms with Gasteiger partial charge in [-0.25, -0.2) is 0 Å². The molecule has 0 aromatic rings. The molecule has 0 bridgehead atoms. The Morgan fingerprint density at radius 3 is 2.60 bits per heavy atom. The average Bonchev–Trinajstić information content (AvgIpc) is 2.41. The summed E-state index contributed by atoms with van der Waals surface area (Å²) in [5.41, 5.74) is 0. The molecule has 0 aliphatic heterocycles. The molecule has 1 aliphatic rings. The van der Waals surface area contributed by atoms with Gasteiger partial charge in [0.15, 0.2) is 0 Å². The van der Waals surface area contributed by atoms with Crippen LogP contribution in [0.5, 0.6) is 0 Å². The zero-order valence-electron chi connectivity index (χ0n) is 5.61. The standard InChI is InChI=1S/C6H11Cl2NO/c7-6(8)3-5(6)4-9-1-2-10/h5,9-10H,1-4H2. The first-order valence-electron chi connectivity index (χ1n) is 3.36. The third-order valence-electron chi connectivity index (χ3n) is 1.64. The minimum absolute atomic E-state index is 0.171. The highest BCUT2D eigenvalue weighted by Gasteiger charge is 2.50. The number of nitrogens with one attached hydrogen (secondary N) is 1. The molecule has 1 rings (SSSR count). The molecule has 4 heteroatoms. The Balaban J connectivity index is 1.97. The maximum Gasteiger partial charge on any atom is 0.122 e. The molecule has 1 saturated carbocycles. The smallest absolute Gasteiger partial charge is 0.122 e. The van der Waals surface area contributed by atoms with E-state index in [1.54, 1.807) is 0 Å². The summed E-state index contributed by atoms with van der Waals surface area (Å²) in [5, 5.41) is 11.4. The lowest BCUT2D eigenvalue weighted by atomic mass is 10.4. The van der Waals surface area contributed by atoms with Gasteiger partial charge in [-0.15, -0.1) is 23.2 Å². The zero-order chi connectivity index (χ0) is 7.61. The topological polar surface area (TPSA) is 32.3 Å². The van der Waals surface area contributed by atoms with Crippen molar-refractivity contribution < 1.29 is 5.11 Å². The molecule has 1 aliphatic carbocycles. The van der Waals surface area contributed by atoms with E-state index in [1.165, 1.54) is 0 Å². The van der Waals surface area contributed by atoms with E-state index in [9.17, 15) is 0 Å². The molecule has 0 aromatic heterocycles. The van der Waals surface area contributed by atoms with Gasteiger partial charge in [0.25, 0.3) is 0 Å². The van der Waals surface area contributed by atoms with Gasteiger partial charge in [-0.2, -0.15) is 0 Å². The van der Waals surface area contributed by atoms with E-state index in [4.69, 9.17) is 28.3 Å². The van der Waals surface area contributed by atoms with Gasteiger partial charge in [0.2, 0.25) is 0 Å². The highest BCUT2D eigenvalue weighted by atomic mass is 35.5. The van der Waals surface area contributed by atoms with E-state index in [0.717, 1.165) is 13.0 Å². The van der Waals surface area contributed by atoms with Crippen LogP contribution in [0.4, 0.5) is 0 Å². The van der Waals surface area contributed by atoms with Crippen LogP contribution < -0.4 is 5.32 Å². The van der Waals surface area contributed by atoms with Crippen molar-refractivity contribution >= 4 is 23.2 Å². The lowest BCUT2D eigenvalue weighted by Gasteiger charge is -2.00. The van der Waals surface area contributed by atoms with Crippen LogP contribution in [0, 0.1) is 5.92 Å². The summed E-state index contributed by atoms with van der Waals surface area (Å²) in [4.78, 5) is 0. The Labute approximate surface area is 70.5 Å². The van der Waals surface area contributed by atoms with Gasteiger partial charge in [-0.05, 0) is 6.42 Å². The molecule has 0 spiro atoms. The van der Waals surface area contributed by atoms with Crippen LogP contribution in [-0.4, -0.2) is 29.1 Å². The predicted molar refractivity (Wildman–Crippen MR) is 42.5 cm³/mol. The molecule has 1 unspecified atom stereocenters. The van der Waals surface area contributed by atoms with Crippen molar-refractivity contribution in [3.8, 4) is 0 Å². The molecular weight excluding hydrogens is 173 g/mol. The van der Waals surface area contributed by atoms with Crippen molar-refractivity contribution in [3.05, 3.63) is 0 Å². The second-order valence-corrected chi connectivity index (χ2v) is 4.13. The molecule has 2 nitrogen and oxygen atoms in total. The molecule has 0 saturated heterocycles. The van der Waals surface area contributed by atoms with E-state index in [1.807, 2.05) is 0 Å². The van der Waals surface area contributed by atoms with Crippen molar-refractivity contribution in [1.82, 2.24) is 5.32 Å². The van der Waals surface area contributed by atoms with Gasteiger partial charge in [0, 0.05) is 19.0 Å². The first-order valence-corrected chi connectivity index (χ1v) is 4.12. The quantitative estimate of drug-likeness (QED) is 0.499. The molecule has 60 valence electrons. The fraction of sp³-hybridized carbons (Fsp3) is 1.00. The fourth-order valence-corrected chi connectivity index (χ4v) is 1.37. The van der Waals surface area contributed by atoms with E-state index in [-0.39, 0.29) is 6.61 Å². The van der Waals surface area contributed by atoms with Crippen LogP contribution in [0.2, 0.25) is 0 Å². The monoisotopic (exact) mass is 183 g/mol. The Morgan fingerprint density at radius 2 is 2.20 bits per heavy atom. The number of hydrogen-bond donors (Lipinski definition) is 2. The second-order valence-electron chi connectivity index (χ2n) is 2.59. The zero-order valence-corrected chi connectivity index (χ0v) is 7.12. The van der Waals surface area contributed by atoms with Gasteiger partial charge in [-0.3, -0.25) is 0 Å². The largest absolute Gasteiger partial charge is 0.395 e. The molecule has 2 N–H and O–H groups in total.